The van der Waals surface area contributed by atoms with Crippen LogP contribution in [0, 0.1) is 12.7 Å². The molecule has 3 aliphatic rings. The van der Waals surface area contributed by atoms with Crippen molar-refractivity contribution in [3.05, 3.63) is 90.5 Å². The zero-order valence-electron chi connectivity index (χ0n) is 26.8. The molecule has 2 fully saturated rings. The zero-order valence-corrected chi connectivity index (χ0v) is 27.6. The molecule has 0 radical (unpaired) electrons. The lowest BCUT2D eigenvalue weighted by Crippen LogP contribution is -2.67. The Morgan fingerprint density at radius 1 is 1.12 bits per heavy atom. The minimum Gasteiger partial charge on any atom is -0.481 e. The summed E-state index contributed by atoms with van der Waals surface area (Å²) in [5.41, 5.74) is 2.34. The van der Waals surface area contributed by atoms with Crippen LogP contribution in [0.25, 0.3) is 22.4 Å². The molecule has 12 nitrogen and oxygen atoms in total. The number of amides is 2. The van der Waals surface area contributed by atoms with Crippen LogP contribution in [0.15, 0.2) is 46.0 Å². The molecule has 4 heterocycles. The maximum absolute atomic E-state index is 15.6. The number of anilines is 1. The summed E-state index contributed by atoms with van der Waals surface area (Å²) in [6.45, 7) is 3.23. The van der Waals surface area contributed by atoms with Gasteiger partial charge in [0.05, 0.1) is 23.4 Å². The molecule has 4 aromatic rings. The van der Waals surface area contributed by atoms with E-state index in [9.17, 15) is 19.2 Å². The molecule has 2 N–H and O–H groups in total. The number of fused-ring (bicyclic) bond motifs is 1. The molecule has 2 saturated heterocycles. The minimum atomic E-state index is -0.856. The van der Waals surface area contributed by atoms with Crippen molar-refractivity contribution in [2.24, 2.45) is 14.1 Å². The van der Waals surface area contributed by atoms with E-state index >= 15 is 4.39 Å². The summed E-state index contributed by atoms with van der Waals surface area (Å²) in [6, 6.07) is 10.0. The summed E-state index contributed by atoms with van der Waals surface area (Å²) < 4.78 is 23.0. The van der Waals surface area contributed by atoms with Crippen LogP contribution in [0.2, 0.25) is 5.02 Å². The van der Waals surface area contributed by atoms with Crippen LogP contribution >= 0.6 is 11.6 Å². The number of aryl methyl sites for hydroxylation is 2. The lowest BCUT2D eigenvalue weighted by atomic mass is 9.86. The van der Waals surface area contributed by atoms with Gasteiger partial charge in [0.25, 0.3) is 11.5 Å². The molecule has 248 valence electrons. The average molecular weight is 674 g/mol. The van der Waals surface area contributed by atoms with E-state index in [1.807, 2.05) is 12.1 Å². The van der Waals surface area contributed by atoms with Gasteiger partial charge in [0.15, 0.2) is 0 Å². The number of ether oxygens (including phenoxy) is 1. The number of nitrogens with zero attached hydrogens (tertiary/aromatic N) is 5. The number of hydrogen-bond donors (Lipinski definition) is 2. The molecule has 2 aromatic heterocycles. The van der Waals surface area contributed by atoms with Crippen LogP contribution < -0.4 is 26.6 Å². The Kier molecular flexibility index (Phi) is 7.71. The van der Waals surface area contributed by atoms with Gasteiger partial charge in [0.1, 0.15) is 5.82 Å². The van der Waals surface area contributed by atoms with Crippen LogP contribution in [0.1, 0.15) is 52.5 Å². The predicted octanol–water partition coefficient (Wildman–Crippen LogP) is 3.52. The number of carbonyl (C=O) groups is 2. The molecule has 1 unspecified atom stereocenters. The van der Waals surface area contributed by atoms with Gasteiger partial charge in [-0.2, -0.15) is 5.10 Å². The van der Waals surface area contributed by atoms with Crippen molar-refractivity contribution >= 4 is 29.1 Å². The minimum absolute atomic E-state index is 0.113. The summed E-state index contributed by atoms with van der Waals surface area (Å²) in [6.07, 6.45) is 3.15. The van der Waals surface area contributed by atoms with E-state index in [-0.39, 0.29) is 33.8 Å². The smallest absolute Gasteiger partial charge is 0.346 e. The Balaban J connectivity index is 1.21. The van der Waals surface area contributed by atoms with Gasteiger partial charge >= 0.3 is 5.69 Å². The largest absolute Gasteiger partial charge is 0.481 e. The quantitative estimate of drug-likeness (QED) is 0.317. The molecule has 1 aliphatic carbocycles. The number of pyridine rings is 1. The number of hydrogen-bond acceptors (Lipinski definition) is 8. The fourth-order valence-corrected chi connectivity index (χ4v) is 7.61. The second-order valence-electron chi connectivity index (χ2n) is 12.7. The summed E-state index contributed by atoms with van der Waals surface area (Å²) in [5, 5.41) is 9.87. The zero-order chi connectivity index (χ0) is 34.1. The van der Waals surface area contributed by atoms with Gasteiger partial charge in [0.2, 0.25) is 17.5 Å². The van der Waals surface area contributed by atoms with Gasteiger partial charge in [-0.3, -0.25) is 23.9 Å². The SMILES string of the molecule is COc1nc(-c2cccc(-c3c(F)ccc(NC(=O)c4nn(C)c(=O)n(C)c4=O)c3C)c2Cl)cc2c1C(N1CC3(CCC(=O)N3)C1)CC2. The monoisotopic (exact) mass is 673 g/mol. The first-order valence-corrected chi connectivity index (χ1v) is 16.0. The molecule has 0 saturated carbocycles. The summed E-state index contributed by atoms with van der Waals surface area (Å²) in [4.78, 5) is 56.8. The molecule has 2 amide bonds. The van der Waals surface area contributed by atoms with Crippen molar-refractivity contribution < 1.29 is 18.7 Å². The lowest BCUT2D eigenvalue weighted by Gasteiger charge is -2.50. The molecule has 2 aliphatic heterocycles. The normalized spacial score (nSPS) is 18.0. The second-order valence-corrected chi connectivity index (χ2v) is 13.1. The van der Waals surface area contributed by atoms with Gasteiger partial charge < -0.3 is 15.4 Å². The number of methoxy groups -OCH3 is 1. The molecule has 2 aromatic carbocycles. The Bertz CT molecular complexity index is 2160. The molecule has 7 rings (SSSR count). The van der Waals surface area contributed by atoms with E-state index in [1.54, 1.807) is 26.2 Å². The van der Waals surface area contributed by atoms with Crippen LogP contribution in [0.5, 0.6) is 5.88 Å². The third kappa shape index (κ3) is 5.08. The molecular formula is C34H33ClFN7O5. The van der Waals surface area contributed by atoms with Crippen molar-refractivity contribution in [3.63, 3.8) is 0 Å². The Labute approximate surface area is 279 Å². The first-order valence-electron chi connectivity index (χ1n) is 15.6. The second kappa shape index (κ2) is 11.7. The van der Waals surface area contributed by atoms with Gasteiger partial charge in [-0.1, -0.05) is 29.8 Å². The number of rotatable bonds is 6. The maximum atomic E-state index is 15.6. The standard InChI is InChI=1S/C34H33ClFN7O5/c1-17-22(37-30(45)29-32(46)41(2)33(47)42(3)40-29)10-9-21(36)26(17)20-7-5-6-19(28(20)35)23-14-18-8-11-24(27(18)31(38-23)48-4)43-15-34(16-43)13-12-25(44)39-34/h5-7,9-10,14,24H,8,11-13,15-16H2,1-4H3,(H,37,45)(H,39,44). The van der Waals surface area contributed by atoms with E-state index in [1.165, 1.54) is 26.2 Å². The topological polar surface area (TPSA) is 140 Å². The number of nitrogens with one attached hydrogen (secondary N) is 2. The highest BCUT2D eigenvalue weighted by Gasteiger charge is 2.51. The van der Waals surface area contributed by atoms with E-state index in [0.717, 1.165) is 52.7 Å². The first-order chi connectivity index (χ1) is 22.9. The van der Waals surface area contributed by atoms with E-state index in [2.05, 4.69) is 20.6 Å². The molecule has 0 bridgehead atoms. The molecular weight excluding hydrogens is 641 g/mol. The number of aromatic nitrogens is 4. The Hall–Kier alpha value is -4.88. The first kappa shape index (κ1) is 31.7. The molecule has 1 spiro atoms. The van der Waals surface area contributed by atoms with Crippen molar-refractivity contribution in [3.8, 4) is 28.3 Å². The highest BCUT2D eigenvalue weighted by molar-refractivity contribution is 6.36. The summed E-state index contributed by atoms with van der Waals surface area (Å²) >= 11 is 7.02. The Morgan fingerprint density at radius 3 is 2.58 bits per heavy atom. The third-order valence-corrected chi connectivity index (χ3v) is 10.2. The highest BCUT2D eigenvalue weighted by atomic mass is 35.5. The lowest BCUT2D eigenvalue weighted by molar-refractivity contribution is -0.121. The van der Waals surface area contributed by atoms with E-state index in [4.69, 9.17) is 21.3 Å². The predicted molar refractivity (Wildman–Crippen MR) is 177 cm³/mol. The fourth-order valence-electron chi connectivity index (χ4n) is 7.29. The van der Waals surface area contributed by atoms with Crippen molar-refractivity contribution in [1.29, 1.82) is 0 Å². The highest BCUT2D eigenvalue weighted by Crippen LogP contribution is 2.48. The van der Waals surface area contributed by atoms with Gasteiger partial charge in [-0.25, -0.2) is 18.9 Å². The molecule has 48 heavy (non-hydrogen) atoms. The van der Waals surface area contributed by atoms with Crippen LogP contribution in [0.3, 0.4) is 0 Å². The molecule has 14 heteroatoms. The van der Waals surface area contributed by atoms with Crippen LogP contribution in [0.4, 0.5) is 10.1 Å². The summed E-state index contributed by atoms with van der Waals surface area (Å²) in [5.74, 6) is -0.788. The van der Waals surface area contributed by atoms with Crippen molar-refractivity contribution in [2.45, 2.75) is 44.2 Å². The number of likely N-dealkylation sites (tertiary alicyclic amines) is 1. The Morgan fingerprint density at radius 2 is 1.88 bits per heavy atom. The molecule has 1 atom stereocenters. The number of carbonyl (C=O) groups excluding carboxylic acids is 2. The van der Waals surface area contributed by atoms with E-state index in [0.29, 0.717) is 34.7 Å². The van der Waals surface area contributed by atoms with Crippen molar-refractivity contribution in [2.75, 3.05) is 25.5 Å². The third-order valence-electron chi connectivity index (χ3n) is 9.75. The van der Waals surface area contributed by atoms with Gasteiger partial charge in [-0.15, -0.1) is 0 Å². The van der Waals surface area contributed by atoms with Crippen molar-refractivity contribution in [1.82, 2.24) is 29.5 Å². The van der Waals surface area contributed by atoms with E-state index < -0.39 is 28.7 Å². The summed E-state index contributed by atoms with van der Waals surface area (Å²) in [7, 11) is 4.17. The van der Waals surface area contributed by atoms with Crippen LogP contribution in [-0.4, -0.2) is 61.8 Å². The van der Waals surface area contributed by atoms with Gasteiger partial charge in [0, 0.05) is 67.6 Å². The number of benzene rings is 2. The fraction of sp³-hybridized carbons (Fsp3) is 0.353. The van der Waals surface area contributed by atoms with Gasteiger partial charge in [-0.05, 0) is 55.5 Å². The number of halogens is 2. The average Bonchev–Trinajstić information content (AvgIpc) is 3.66. The maximum Gasteiger partial charge on any atom is 0.346 e. The van der Waals surface area contributed by atoms with Crippen LogP contribution in [-0.2, 0) is 25.3 Å².